The van der Waals surface area contributed by atoms with Crippen molar-refractivity contribution < 1.29 is 9.59 Å². The van der Waals surface area contributed by atoms with E-state index in [9.17, 15) is 9.59 Å². The molecule has 0 aliphatic carbocycles. The van der Waals surface area contributed by atoms with Gasteiger partial charge in [0.25, 0.3) is 0 Å². The Hall–Kier alpha value is -1.06. The average molecular weight is 240 g/mol. The standard InChI is InChI=1S/C13H24N2O2/c1-6-10-12(17)14-7-11(16)15(10)8-9(2)13(3,4)5/h9-10H,6-8H2,1-5H3,(H,14,17). The highest BCUT2D eigenvalue weighted by atomic mass is 16.2. The number of nitrogens with zero attached hydrogens (tertiary/aromatic N) is 1. The Labute approximate surface area is 104 Å². The molecule has 1 aliphatic heterocycles. The number of hydrogen-bond acceptors (Lipinski definition) is 2. The fourth-order valence-electron chi connectivity index (χ4n) is 1.90. The molecular weight excluding hydrogens is 216 g/mol. The van der Waals surface area contributed by atoms with E-state index in [-0.39, 0.29) is 29.8 Å². The summed E-state index contributed by atoms with van der Waals surface area (Å²) in [6.07, 6.45) is 0.675. The molecule has 0 aromatic heterocycles. The molecule has 0 bridgehead atoms. The Morgan fingerprint density at radius 3 is 2.47 bits per heavy atom. The molecule has 1 fully saturated rings. The van der Waals surface area contributed by atoms with E-state index in [1.165, 1.54) is 0 Å². The number of nitrogens with one attached hydrogen (secondary N) is 1. The molecule has 0 spiro atoms. The Kier molecular flexibility index (Phi) is 4.17. The van der Waals surface area contributed by atoms with Gasteiger partial charge in [0.2, 0.25) is 11.8 Å². The van der Waals surface area contributed by atoms with Gasteiger partial charge in [0.15, 0.2) is 0 Å². The third kappa shape index (κ3) is 3.20. The first-order valence-corrected chi connectivity index (χ1v) is 6.34. The highest BCUT2D eigenvalue weighted by molar-refractivity contribution is 5.94. The lowest BCUT2D eigenvalue weighted by Gasteiger charge is -2.39. The Balaban J connectivity index is 2.78. The number of carbonyl (C=O) groups is 2. The molecule has 0 saturated carbocycles. The van der Waals surface area contributed by atoms with Crippen LogP contribution in [0.15, 0.2) is 0 Å². The molecule has 0 aromatic rings. The maximum absolute atomic E-state index is 11.9. The summed E-state index contributed by atoms with van der Waals surface area (Å²) in [5, 5.41) is 2.64. The summed E-state index contributed by atoms with van der Waals surface area (Å²) < 4.78 is 0. The van der Waals surface area contributed by atoms with Crippen LogP contribution in [0, 0.1) is 11.3 Å². The van der Waals surface area contributed by atoms with Gasteiger partial charge in [-0.05, 0) is 17.8 Å². The van der Waals surface area contributed by atoms with E-state index in [2.05, 4.69) is 33.0 Å². The summed E-state index contributed by atoms with van der Waals surface area (Å²) in [6, 6.07) is -0.291. The molecule has 0 radical (unpaired) electrons. The van der Waals surface area contributed by atoms with Gasteiger partial charge >= 0.3 is 0 Å². The van der Waals surface area contributed by atoms with Crippen LogP contribution >= 0.6 is 0 Å². The van der Waals surface area contributed by atoms with Crippen LogP contribution in [0.2, 0.25) is 0 Å². The average Bonchev–Trinajstić information content (AvgIpc) is 2.22. The van der Waals surface area contributed by atoms with Crippen molar-refractivity contribution in [3.05, 3.63) is 0 Å². The molecule has 1 N–H and O–H groups in total. The van der Waals surface area contributed by atoms with Crippen molar-refractivity contribution in [3.63, 3.8) is 0 Å². The van der Waals surface area contributed by atoms with Gasteiger partial charge in [-0.3, -0.25) is 9.59 Å². The van der Waals surface area contributed by atoms with E-state index in [1.54, 1.807) is 4.90 Å². The van der Waals surface area contributed by atoms with Crippen LogP contribution in [-0.2, 0) is 9.59 Å². The largest absolute Gasteiger partial charge is 0.345 e. The minimum absolute atomic E-state index is 0.0202. The Morgan fingerprint density at radius 2 is 2.00 bits per heavy atom. The van der Waals surface area contributed by atoms with Crippen molar-refractivity contribution in [2.24, 2.45) is 11.3 Å². The van der Waals surface area contributed by atoms with Gasteiger partial charge < -0.3 is 10.2 Å². The summed E-state index contributed by atoms with van der Waals surface area (Å²) in [5.74, 6) is 0.382. The summed E-state index contributed by atoms with van der Waals surface area (Å²) in [6.45, 7) is 11.4. The van der Waals surface area contributed by atoms with Crippen LogP contribution in [0.5, 0.6) is 0 Å². The molecule has 4 heteroatoms. The fourth-order valence-corrected chi connectivity index (χ4v) is 1.90. The minimum atomic E-state index is -0.291. The lowest BCUT2D eigenvalue weighted by Crippen LogP contribution is -2.59. The van der Waals surface area contributed by atoms with Crippen LogP contribution in [-0.4, -0.2) is 35.8 Å². The predicted octanol–water partition coefficient (Wildman–Crippen LogP) is 1.41. The molecule has 2 amide bonds. The van der Waals surface area contributed by atoms with Gasteiger partial charge in [0.05, 0.1) is 6.54 Å². The second-order valence-corrected chi connectivity index (χ2v) is 5.96. The zero-order valence-corrected chi connectivity index (χ0v) is 11.5. The van der Waals surface area contributed by atoms with Crippen molar-refractivity contribution >= 4 is 11.8 Å². The molecule has 98 valence electrons. The van der Waals surface area contributed by atoms with Gasteiger partial charge in [0, 0.05) is 6.54 Å². The minimum Gasteiger partial charge on any atom is -0.345 e. The molecule has 4 nitrogen and oxygen atoms in total. The van der Waals surface area contributed by atoms with Gasteiger partial charge in [0.1, 0.15) is 6.04 Å². The van der Waals surface area contributed by atoms with Crippen molar-refractivity contribution in [2.45, 2.75) is 47.1 Å². The maximum Gasteiger partial charge on any atom is 0.243 e. The van der Waals surface area contributed by atoms with Gasteiger partial charge in [-0.25, -0.2) is 0 Å². The highest BCUT2D eigenvalue weighted by Gasteiger charge is 2.35. The monoisotopic (exact) mass is 240 g/mol. The van der Waals surface area contributed by atoms with E-state index in [1.807, 2.05) is 6.92 Å². The SMILES string of the molecule is CCC1C(=O)NCC(=O)N1CC(C)C(C)(C)C. The molecule has 1 heterocycles. The molecule has 1 rings (SSSR count). The van der Waals surface area contributed by atoms with E-state index in [0.29, 0.717) is 18.9 Å². The highest BCUT2D eigenvalue weighted by Crippen LogP contribution is 2.27. The lowest BCUT2D eigenvalue weighted by molar-refractivity contribution is -0.146. The molecule has 17 heavy (non-hydrogen) atoms. The first kappa shape index (κ1) is 14.0. The van der Waals surface area contributed by atoms with Gasteiger partial charge in [-0.1, -0.05) is 34.6 Å². The molecule has 2 unspecified atom stereocenters. The predicted molar refractivity (Wildman–Crippen MR) is 67.4 cm³/mol. The molecular formula is C13H24N2O2. The number of rotatable bonds is 3. The van der Waals surface area contributed by atoms with Gasteiger partial charge in [-0.2, -0.15) is 0 Å². The smallest absolute Gasteiger partial charge is 0.243 e. The van der Waals surface area contributed by atoms with Crippen molar-refractivity contribution in [2.75, 3.05) is 13.1 Å². The molecule has 0 aromatic carbocycles. The Morgan fingerprint density at radius 1 is 1.41 bits per heavy atom. The van der Waals surface area contributed by atoms with Crippen LogP contribution in [0.1, 0.15) is 41.0 Å². The lowest BCUT2D eigenvalue weighted by atomic mass is 9.81. The number of hydrogen-bond donors (Lipinski definition) is 1. The van der Waals surface area contributed by atoms with Crippen molar-refractivity contribution in [3.8, 4) is 0 Å². The second-order valence-electron chi connectivity index (χ2n) is 5.96. The van der Waals surface area contributed by atoms with E-state index in [4.69, 9.17) is 0 Å². The zero-order valence-electron chi connectivity index (χ0n) is 11.5. The van der Waals surface area contributed by atoms with Crippen LogP contribution < -0.4 is 5.32 Å². The summed E-state index contributed by atoms with van der Waals surface area (Å²) in [7, 11) is 0. The van der Waals surface area contributed by atoms with Crippen LogP contribution in [0.25, 0.3) is 0 Å². The summed E-state index contributed by atoms with van der Waals surface area (Å²) in [5.41, 5.74) is 0.145. The summed E-state index contributed by atoms with van der Waals surface area (Å²) >= 11 is 0. The summed E-state index contributed by atoms with van der Waals surface area (Å²) in [4.78, 5) is 25.3. The molecule has 1 saturated heterocycles. The van der Waals surface area contributed by atoms with E-state index >= 15 is 0 Å². The number of carbonyl (C=O) groups excluding carboxylic acids is 2. The molecule has 2 atom stereocenters. The third-order valence-electron chi connectivity index (χ3n) is 3.75. The third-order valence-corrected chi connectivity index (χ3v) is 3.75. The second kappa shape index (κ2) is 5.07. The number of amides is 2. The van der Waals surface area contributed by atoms with E-state index in [0.717, 1.165) is 0 Å². The normalized spacial score (nSPS) is 23.6. The first-order chi connectivity index (χ1) is 7.77. The fraction of sp³-hybridized carbons (Fsp3) is 0.846. The first-order valence-electron chi connectivity index (χ1n) is 6.34. The Bertz CT molecular complexity index is 307. The van der Waals surface area contributed by atoms with E-state index < -0.39 is 0 Å². The van der Waals surface area contributed by atoms with Crippen molar-refractivity contribution in [1.29, 1.82) is 0 Å². The topological polar surface area (TPSA) is 49.4 Å². The van der Waals surface area contributed by atoms with Gasteiger partial charge in [-0.15, -0.1) is 0 Å². The van der Waals surface area contributed by atoms with Crippen molar-refractivity contribution in [1.82, 2.24) is 10.2 Å². The quantitative estimate of drug-likeness (QED) is 0.810. The maximum atomic E-state index is 11.9. The number of piperazine rings is 1. The zero-order chi connectivity index (χ0) is 13.2. The van der Waals surface area contributed by atoms with Crippen LogP contribution in [0.3, 0.4) is 0 Å². The van der Waals surface area contributed by atoms with Crippen LogP contribution in [0.4, 0.5) is 0 Å². The molecule has 1 aliphatic rings.